The minimum Gasteiger partial charge on any atom is -0.0654 e. The van der Waals surface area contributed by atoms with E-state index in [0.717, 1.165) is 11.8 Å². The van der Waals surface area contributed by atoms with E-state index in [2.05, 4.69) is 27.7 Å². The monoisotopic (exact) mass is 226 g/mol. The normalized spacial score (nSPS) is 15.0. The summed E-state index contributed by atoms with van der Waals surface area (Å²) in [5, 5.41) is 0. The predicted molar refractivity (Wildman–Crippen MR) is 75.8 cm³/mol. The van der Waals surface area contributed by atoms with Crippen LogP contribution in [-0.2, 0) is 0 Å². The van der Waals surface area contributed by atoms with Gasteiger partial charge in [-0.25, -0.2) is 0 Å². The van der Waals surface area contributed by atoms with Crippen molar-refractivity contribution in [1.29, 1.82) is 0 Å². The first-order valence-electron chi connectivity index (χ1n) is 7.74. The maximum Gasteiger partial charge on any atom is -0.0412 e. The van der Waals surface area contributed by atoms with Crippen LogP contribution in [0.25, 0.3) is 0 Å². The lowest BCUT2D eigenvalue weighted by Gasteiger charge is -2.19. The smallest absolute Gasteiger partial charge is 0.0412 e. The lowest BCUT2D eigenvalue weighted by atomic mass is 9.87. The predicted octanol–water partition coefficient (Wildman–Crippen LogP) is 6.20. The van der Waals surface area contributed by atoms with E-state index in [1.54, 1.807) is 0 Å². The first kappa shape index (κ1) is 16.0. The van der Waals surface area contributed by atoms with Gasteiger partial charge in [0.15, 0.2) is 0 Å². The molecule has 0 fully saturated rings. The molecule has 0 saturated carbocycles. The topological polar surface area (TPSA) is 0 Å². The van der Waals surface area contributed by atoms with Gasteiger partial charge in [0.1, 0.15) is 0 Å². The van der Waals surface area contributed by atoms with Gasteiger partial charge in [-0.1, -0.05) is 85.5 Å². The summed E-state index contributed by atoms with van der Waals surface area (Å²) in [5.41, 5.74) is 0. The SMILES string of the molecule is CCCCCCCC(CCC)CC(C)CC. The van der Waals surface area contributed by atoms with Crippen LogP contribution in [0.5, 0.6) is 0 Å². The summed E-state index contributed by atoms with van der Waals surface area (Å²) >= 11 is 0. The Morgan fingerprint density at radius 3 is 2.00 bits per heavy atom. The van der Waals surface area contributed by atoms with Crippen molar-refractivity contribution >= 4 is 0 Å². The Morgan fingerprint density at radius 2 is 1.44 bits per heavy atom. The van der Waals surface area contributed by atoms with Gasteiger partial charge >= 0.3 is 0 Å². The molecular formula is C16H34. The molecule has 0 aliphatic heterocycles. The molecule has 2 unspecified atom stereocenters. The van der Waals surface area contributed by atoms with Gasteiger partial charge in [-0.3, -0.25) is 0 Å². The van der Waals surface area contributed by atoms with Crippen LogP contribution >= 0.6 is 0 Å². The lowest BCUT2D eigenvalue weighted by molar-refractivity contribution is 0.331. The van der Waals surface area contributed by atoms with Gasteiger partial charge in [-0.05, 0) is 18.3 Å². The Kier molecular flexibility index (Phi) is 11.5. The molecule has 0 heteroatoms. The third-order valence-corrected chi connectivity index (χ3v) is 3.85. The number of rotatable bonds is 11. The fourth-order valence-corrected chi connectivity index (χ4v) is 2.56. The molecule has 0 saturated heterocycles. The second kappa shape index (κ2) is 11.5. The van der Waals surface area contributed by atoms with Crippen molar-refractivity contribution in [1.82, 2.24) is 0 Å². The highest BCUT2D eigenvalue weighted by molar-refractivity contribution is 4.63. The van der Waals surface area contributed by atoms with Crippen molar-refractivity contribution < 1.29 is 0 Å². The van der Waals surface area contributed by atoms with Crippen molar-refractivity contribution in [3.63, 3.8) is 0 Å². The van der Waals surface area contributed by atoms with Crippen molar-refractivity contribution in [2.75, 3.05) is 0 Å². The van der Waals surface area contributed by atoms with Crippen molar-refractivity contribution in [2.24, 2.45) is 11.8 Å². The minimum atomic E-state index is 0.937. The largest absolute Gasteiger partial charge is 0.0654 e. The second-order valence-corrected chi connectivity index (χ2v) is 5.61. The summed E-state index contributed by atoms with van der Waals surface area (Å²) in [4.78, 5) is 0. The van der Waals surface area contributed by atoms with Crippen LogP contribution in [0, 0.1) is 11.8 Å². The standard InChI is InChI=1S/C16H34/c1-5-8-9-10-11-13-16(12-6-2)14-15(4)7-3/h15-16H,5-14H2,1-4H3. The van der Waals surface area contributed by atoms with E-state index < -0.39 is 0 Å². The van der Waals surface area contributed by atoms with Gasteiger partial charge in [0.05, 0.1) is 0 Å². The molecule has 0 heterocycles. The Bertz CT molecular complexity index is 128. The summed E-state index contributed by atoms with van der Waals surface area (Å²) in [5.74, 6) is 1.95. The molecule has 0 aromatic carbocycles. The molecule has 98 valence electrons. The van der Waals surface area contributed by atoms with Gasteiger partial charge in [0.25, 0.3) is 0 Å². The molecule has 0 aliphatic carbocycles. The lowest BCUT2D eigenvalue weighted by Crippen LogP contribution is -2.06. The van der Waals surface area contributed by atoms with Gasteiger partial charge in [-0.15, -0.1) is 0 Å². The summed E-state index contributed by atoms with van der Waals surface area (Å²) < 4.78 is 0. The number of hydrogen-bond acceptors (Lipinski definition) is 0. The molecule has 0 rings (SSSR count). The quantitative estimate of drug-likeness (QED) is 0.368. The average molecular weight is 226 g/mol. The first-order chi connectivity index (χ1) is 7.74. The van der Waals surface area contributed by atoms with Crippen LogP contribution in [0.2, 0.25) is 0 Å². The highest BCUT2D eigenvalue weighted by Gasteiger charge is 2.11. The van der Waals surface area contributed by atoms with E-state index >= 15 is 0 Å². The van der Waals surface area contributed by atoms with Crippen LogP contribution in [0.3, 0.4) is 0 Å². The van der Waals surface area contributed by atoms with E-state index in [9.17, 15) is 0 Å². The van der Waals surface area contributed by atoms with E-state index in [0.29, 0.717) is 0 Å². The van der Waals surface area contributed by atoms with Crippen molar-refractivity contribution in [3.05, 3.63) is 0 Å². The number of unbranched alkanes of at least 4 members (excludes halogenated alkanes) is 4. The summed E-state index contributed by atoms with van der Waals surface area (Å²) in [6.45, 7) is 9.37. The molecule has 0 aromatic heterocycles. The molecule has 0 nitrogen and oxygen atoms in total. The summed E-state index contributed by atoms with van der Waals surface area (Å²) in [6, 6.07) is 0. The van der Waals surface area contributed by atoms with E-state index in [1.807, 2.05) is 0 Å². The molecule has 0 aliphatic rings. The maximum absolute atomic E-state index is 2.42. The molecule has 0 N–H and O–H groups in total. The second-order valence-electron chi connectivity index (χ2n) is 5.61. The Balaban J connectivity index is 3.59. The van der Waals surface area contributed by atoms with Gasteiger partial charge in [0.2, 0.25) is 0 Å². The third-order valence-electron chi connectivity index (χ3n) is 3.85. The molecule has 0 aromatic rings. The molecule has 16 heavy (non-hydrogen) atoms. The Morgan fingerprint density at radius 1 is 0.750 bits per heavy atom. The average Bonchev–Trinajstić information content (AvgIpc) is 2.28. The fraction of sp³-hybridized carbons (Fsp3) is 1.00. The van der Waals surface area contributed by atoms with Crippen LogP contribution < -0.4 is 0 Å². The third kappa shape index (κ3) is 9.24. The number of hydrogen-bond donors (Lipinski definition) is 0. The summed E-state index contributed by atoms with van der Waals surface area (Å²) in [7, 11) is 0. The van der Waals surface area contributed by atoms with Crippen LogP contribution in [0.15, 0.2) is 0 Å². The van der Waals surface area contributed by atoms with Gasteiger partial charge in [0, 0.05) is 0 Å². The fourth-order valence-electron chi connectivity index (χ4n) is 2.56. The minimum absolute atomic E-state index is 0.937. The molecule has 0 spiro atoms. The van der Waals surface area contributed by atoms with Gasteiger partial charge < -0.3 is 0 Å². The first-order valence-corrected chi connectivity index (χ1v) is 7.74. The molecular weight excluding hydrogens is 192 g/mol. The zero-order chi connectivity index (χ0) is 12.2. The molecule has 2 atom stereocenters. The van der Waals surface area contributed by atoms with E-state index in [-0.39, 0.29) is 0 Å². The Labute approximate surface area is 104 Å². The maximum atomic E-state index is 2.42. The van der Waals surface area contributed by atoms with Crippen LogP contribution in [0.1, 0.15) is 91.9 Å². The highest BCUT2D eigenvalue weighted by atomic mass is 14.2. The van der Waals surface area contributed by atoms with Crippen LogP contribution in [0.4, 0.5) is 0 Å². The highest BCUT2D eigenvalue weighted by Crippen LogP contribution is 2.25. The van der Waals surface area contributed by atoms with Crippen molar-refractivity contribution in [2.45, 2.75) is 91.9 Å². The zero-order valence-electron chi connectivity index (χ0n) is 12.2. The van der Waals surface area contributed by atoms with E-state index in [4.69, 9.17) is 0 Å². The van der Waals surface area contributed by atoms with Crippen LogP contribution in [-0.4, -0.2) is 0 Å². The van der Waals surface area contributed by atoms with E-state index in [1.165, 1.54) is 64.2 Å². The van der Waals surface area contributed by atoms with Gasteiger partial charge in [-0.2, -0.15) is 0 Å². The Hall–Kier alpha value is 0. The molecule has 0 radical (unpaired) electrons. The molecule has 0 amide bonds. The van der Waals surface area contributed by atoms with Crippen molar-refractivity contribution in [3.8, 4) is 0 Å². The summed E-state index contributed by atoms with van der Waals surface area (Å²) in [6.07, 6.45) is 14.3. The zero-order valence-corrected chi connectivity index (χ0v) is 12.2. The molecule has 0 bridgehead atoms.